The molecule has 7 aliphatic rings. The Morgan fingerprint density at radius 2 is 1.97 bits per heavy atom. The first-order chi connectivity index (χ1) is 17.4. The minimum atomic E-state index is -1.20. The van der Waals surface area contributed by atoms with Gasteiger partial charge in [-0.25, -0.2) is 0 Å². The molecule has 2 spiro atoms. The van der Waals surface area contributed by atoms with Crippen LogP contribution in [0.5, 0.6) is 11.5 Å². The number of rotatable bonds is 5. The summed E-state index contributed by atoms with van der Waals surface area (Å²) in [6.45, 7) is 2.10. The fourth-order valence-corrected chi connectivity index (χ4v) is 8.81. The average Bonchev–Trinajstić information content (AvgIpc) is 3.60. The van der Waals surface area contributed by atoms with Crippen molar-refractivity contribution in [3.05, 3.63) is 53.6 Å². The van der Waals surface area contributed by atoms with Crippen LogP contribution in [-0.2, 0) is 16.6 Å². The molecule has 5 fully saturated rings. The maximum Gasteiger partial charge on any atom is 0.226 e. The Labute approximate surface area is 210 Å². The number of carbonyl (C=O) groups excluding carboxylic acids is 1. The Balaban J connectivity index is 1.22. The van der Waals surface area contributed by atoms with Gasteiger partial charge in [-0.05, 0) is 74.8 Å². The number of phenols is 1. The monoisotopic (exact) mass is 487 g/mol. The van der Waals surface area contributed by atoms with E-state index in [1.807, 2.05) is 30.3 Å². The summed E-state index contributed by atoms with van der Waals surface area (Å²) in [5.74, 6) is 1.40. The molecule has 2 saturated carbocycles. The van der Waals surface area contributed by atoms with E-state index >= 15 is 0 Å². The number of hydrogen-bond donors (Lipinski definition) is 4. The molecule has 4 N–H and O–H groups in total. The van der Waals surface area contributed by atoms with E-state index in [2.05, 4.69) is 21.6 Å². The van der Waals surface area contributed by atoms with E-state index in [9.17, 15) is 15.0 Å². The summed E-state index contributed by atoms with van der Waals surface area (Å²) < 4.78 is 6.61. The zero-order chi connectivity index (χ0) is 24.3. The Bertz CT molecular complexity index is 1260. The lowest BCUT2D eigenvalue weighted by molar-refractivity contribution is -0.233. The standard InChI is InChI=1S/C29H33N3O4/c33-20-9-8-18-14-22-29-11-10-28(35,21(31-29)15-23(34)30-19-4-2-1-3-5-19)26-27(29,24(18)25(20)36-26)12-13-32(22)16-17-6-7-17/h1-5,8-9,17,21-22,26,31,33,35H,6-7,10-16H2,(H,30,34)/t21-,22-,26-,27-,28-,29-/m1/s1. The molecule has 3 saturated heterocycles. The SMILES string of the molecule is O=C(C[C@H]1N[C@@]23CC[C@]1(O)[C@@H]1Oc4c(O)ccc5c4[C@]12CCN(CC1CC1)[C@@H]3C5)Nc1ccccc1. The average molecular weight is 488 g/mol. The van der Waals surface area contributed by atoms with Crippen LogP contribution >= 0.6 is 0 Å². The molecule has 0 radical (unpaired) electrons. The Kier molecular flexibility index (Phi) is 4.19. The van der Waals surface area contributed by atoms with Gasteiger partial charge in [-0.2, -0.15) is 0 Å². The molecule has 1 amide bonds. The van der Waals surface area contributed by atoms with Crippen LogP contribution in [0.4, 0.5) is 5.69 Å². The number of benzene rings is 2. The van der Waals surface area contributed by atoms with Crippen LogP contribution in [0.1, 0.15) is 49.7 Å². The zero-order valence-corrected chi connectivity index (χ0v) is 20.4. The molecule has 4 bridgehead atoms. The number of likely N-dealkylation sites (tertiary alicyclic amines) is 1. The summed E-state index contributed by atoms with van der Waals surface area (Å²) in [6.07, 6.45) is 5.57. The largest absolute Gasteiger partial charge is 0.504 e. The van der Waals surface area contributed by atoms with Crippen molar-refractivity contribution < 1.29 is 19.7 Å². The molecule has 3 aliphatic carbocycles. The second-order valence-corrected chi connectivity index (χ2v) is 12.1. The number of fused-ring (bicyclic) bond motifs is 2. The van der Waals surface area contributed by atoms with Crippen molar-refractivity contribution in [3.63, 3.8) is 0 Å². The van der Waals surface area contributed by atoms with E-state index in [1.165, 1.54) is 18.4 Å². The second kappa shape index (κ2) is 7.03. The van der Waals surface area contributed by atoms with Crippen LogP contribution in [0.2, 0.25) is 0 Å². The number of aliphatic hydroxyl groups is 1. The molecule has 7 nitrogen and oxygen atoms in total. The van der Waals surface area contributed by atoms with Crippen molar-refractivity contribution in [3.8, 4) is 11.5 Å². The number of phenolic OH excluding ortho intramolecular Hbond substituents is 1. The van der Waals surface area contributed by atoms with Gasteiger partial charge in [0.2, 0.25) is 5.91 Å². The van der Waals surface area contributed by atoms with E-state index in [-0.39, 0.29) is 29.7 Å². The Hall–Kier alpha value is -2.61. The van der Waals surface area contributed by atoms with Crippen molar-refractivity contribution in [2.24, 2.45) is 5.92 Å². The predicted octanol–water partition coefficient (Wildman–Crippen LogP) is 2.70. The highest BCUT2D eigenvalue weighted by Gasteiger charge is 2.80. The summed E-state index contributed by atoms with van der Waals surface area (Å²) in [5.41, 5.74) is 1.25. The number of aromatic hydroxyl groups is 1. The number of para-hydroxylation sites is 1. The second-order valence-electron chi connectivity index (χ2n) is 12.1. The van der Waals surface area contributed by atoms with E-state index in [4.69, 9.17) is 4.74 Å². The maximum absolute atomic E-state index is 13.2. The quantitative estimate of drug-likeness (QED) is 0.518. The summed E-state index contributed by atoms with van der Waals surface area (Å²) in [6, 6.07) is 13.2. The number of anilines is 1. The summed E-state index contributed by atoms with van der Waals surface area (Å²) in [7, 11) is 0. The van der Waals surface area contributed by atoms with Crippen molar-refractivity contribution in [2.45, 2.75) is 79.7 Å². The van der Waals surface area contributed by atoms with Gasteiger partial charge in [0.15, 0.2) is 11.5 Å². The van der Waals surface area contributed by atoms with Gasteiger partial charge in [-0.15, -0.1) is 0 Å². The van der Waals surface area contributed by atoms with Crippen molar-refractivity contribution >= 4 is 11.6 Å². The summed E-state index contributed by atoms with van der Waals surface area (Å²) in [4.78, 5) is 15.9. The number of piperidine rings is 3. The van der Waals surface area contributed by atoms with Crippen molar-refractivity contribution in [2.75, 3.05) is 18.4 Å². The van der Waals surface area contributed by atoms with E-state index in [0.717, 1.165) is 49.5 Å². The molecular formula is C29H33N3O4. The molecule has 9 rings (SSSR count). The molecule has 4 aliphatic heterocycles. The number of ether oxygens (including phenoxy) is 1. The van der Waals surface area contributed by atoms with Crippen LogP contribution in [0.25, 0.3) is 0 Å². The zero-order valence-electron chi connectivity index (χ0n) is 20.4. The van der Waals surface area contributed by atoms with Crippen LogP contribution in [0.3, 0.4) is 0 Å². The topological polar surface area (TPSA) is 94.1 Å². The van der Waals surface area contributed by atoms with Gasteiger partial charge < -0.3 is 25.6 Å². The number of nitrogens with one attached hydrogen (secondary N) is 2. The molecule has 4 heterocycles. The van der Waals surface area contributed by atoms with Crippen LogP contribution < -0.4 is 15.4 Å². The fourth-order valence-electron chi connectivity index (χ4n) is 8.81. The lowest BCUT2D eigenvalue weighted by Crippen LogP contribution is -2.91. The third-order valence-electron chi connectivity index (χ3n) is 10.4. The fraction of sp³-hybridized carbons (Fsp3) is 0.552. The molecule has 36 heavy (non-hydrogen) atoms. The Morgan fingerprint density at radius 1 is 1.14 bits per heavy atom. The predicted molar refractivity (Wildman–Crippen MR) is 134 cm³/mol. The first-order valence-electron chi connectivity index (χ1n) is 13.6. The van der Waals surface area contributed by atoms with Gasteiger partial charge in [0.25, 0.3) is 0 Å². The van der Waals surface area contributed by atoms with Gasteiger partial charge in [0, 0.05) is 41.8 Å². The number of hydrogen-bond acceptors (Lipinski definition) is 6. The normalized spacial score (nSPS) is 39.4. The molecule has 2 aromatic carbocycles. The van der Waals surface area contributed by atoms with Crippen LogP contribution in [-0.4, -0.2) is 63.4 Å². The van der Waals surface area contributed by atoms with Gasteiger partial charge in [-0.3, -0.25) is 9.69 Å². The van der Waals surface area contributed by atoms with E-state index in [1.54, 1.807) is 6.07 Å². The van der Waals surface area contributed by atoms with Crippen molar-refractivity contribution in [1.29, 1.82) is 0 Å². The molecule has 188 valence electrons. The maximum atomic E-state index is 13.2. The molecule has 6 atom stereocenters. The van der Waals surface area contributed by atoms with Crippen LogP contribution in [0.15, 0.2) is 42.5 Å². The van der Waals surface area contributed by atoms with E-state index in [0.29, 0.717) is 12.2 Å². The van der Waals surface area contributed by atoms with Gasteiger partial charge >= 0.3 is 0 Å². The lowest BCUT2D eigenvalue weighted by atomic mass is 9.41. The number of nitrogens with zero attached hydrogens (tertiary/aromatic N) is 1. The highest BCUT2D eigenvalue weighted by Crippen LogP contribution is 2.69. The molecule has 0 aromatic heterocycles. The number of carbonyl (C=O) groups is 1. The number of amides is 1. The third kappa shape index (κ3) is 2.56. The van der Waals surface area contributed by atoms with E-state index < -0.39 is 23.2 Å². The third-order valence-corrected chi connectivity index (χ3v) is 10.4. The minimum Gasteiger partial charge on any atom is -0.504 e. The van der Waals surface area contributed by atoms with Crippen LogP contribution in [0, 0.1) is 5.92 Å². The molecule has 2 aromatic rings. The summed E-state index contributed by atoms with van der Waals surface area (Å²) in [5, 5.41) is 30.1. The van der Waals surface area contributed by atoms with Gasteiger partial charge in [0.1, 0.15) is 11.7 Å². The molecular weight excluding hydrogens is 454 g/mol. The molecule has 7 heteroatoms. The van der Waals surface area contributed by atoms with Gasteiger partial charge in [-0.1, -0.05) is 24.3 Å². The van der Waals surface area contributed by atoms with Gasteiger partial charge in [0.05, 0.1) is 5.41 Å². The lowest BCUT2D eigenvalue weighted by Gasteiger charge is -2.73. The first-order valence-corrected chi connectivity index (χ1v) is 13.6. The minimum absolute atomic E-state index is 0.111. The smallest absolute Gasteiger partial charge is 0.226 e. The molecule has 0 unspecified atom stereocenters. The Morgan fingerprint density at radius 3 is 2.78 bits per heavy atom. The first kappa shape index (κ1) is 21.5. The highest BCUT2D eigenvalue weighted by molar-refractivity contribution is 5.91. The highest BCUT2D eigenvalue weighted by atomic mass is 16.5. The van der Waals surface area contributed by atoms with Crippen molar-refractivity contribution in [1.82, 2.24) is 10.2 Å². The summed E-state index contributed by atoms with van der Waals surface area (Å²) >= 11 is 0.